The van der Waals surface area contributed by atoms with Crippen molar-refractivity contribution in [3.8, 4) is 0 Å². The predicted molar refractivity (Wildman–Crippen MR) is 98.8 cm³/mol. The molecule has 6 heteroatoms. The lowest BCUT2D eigenvalue weighted by molar-refractivity contribution is 0.102. The number of amides is 1. The van der Waals surface area contributed by atoms with Crippen LogP contribution in [0, 0.1) is 0 Å². The third-order valence-electron chi connectivity index (χ3n) is 4.34. The standard InChI is InChI=1S/C19H19N5O/c25-19(24-17-5-1-2-9-21-17)15-6-7-16(23-13-8-11-20-12-13)14-4-3-10-22-18(14)15/h1-7,9-10,13,20,23H,8,11-12H2,(H,21,24,25)/t13-/m0/s1. The highest BCUT2D eigenvalue weighted by Gasteiger charge is 2.18. The van der Waals surface area contributed by atoms with Gasteiger partial charge in [-0.1, -0.05) is 6.07 Å². The van der Waals surface area contributed by atoms with Crippen molar-refractivity contribution in [3.05, 3.63) is 60.4 Å². The first kappa shape index (κ1) is 15.5. The fourth-order valence-corrected chi connectivity index (χ4v) is 3.10. The summed E-state index contributed by atoms with van der Waals surface area (Å²) < 4.78 is 0. The maximum Gasteiger partial charge on any atom is 0.259 e. The Balaban J connectivity index is 1.67. The van der Waals surface area contributed by atoms with Crippen LogP contribution in [0.4, 0.5) is 11.5 Å². The molecule has 1 saturated heterocycles. The number of carbonyl (C=O) groups excluding carboxylic acids is 1. The van der Waals surface area contributed by atoms with Gasteiger partial charge in [-0.05, 0) is 49.4 Å². The minimum absolute atomic E-state index is 0.212. The summed E-state index contributed by atoms with van der Waals surface area (Å²) in [5.74, 6) is 0.312. The molecular weight excluding hydrogens is 314 g/mol. The number of benzene rings is 1. The SMILES string of the molecule is O=C(Nc1ccccn1)c1ccc(N[C@H]2CCNC2)c2cccnc12. The number of carbonyl (C=O) groups is 1. The highest BCUT2D eigenvalue weighted by molar-refractivity contribution is 6.13. The summed E-state index contributed by atoms with van der Waals surface area (Å²) in [6.45, 7) is 1.97. The molecule has 126 valence electrons. The summed E-state index contributed by atoms with van der Waals surface area (Å²) in [7, 11) is 0. The molecule has 0 bridgehead atoms. The van der Waals surface area contributed by atoms with E-state index in [0.29, 0.717) is 22.9 Å². The Labute approximate surface area is 145 Å². The van der Waals surface area contributed by atoms with Crippen molar-refractivity contribution in [2.45, 2.75) is 12.5 Å². The Bertz CT molecular complexity index is 891. The van der Waals surface area contributed by atoms with E-state index in [-0.39, 0.29) is 5.91 Å². The van der Waals surface area contributed by atoms with Crippen LogP contribution in [0.3, 0.4) is 0 Å². The Morgan fingerprint density at radius 3 is 2.80 bits per heavy atom. The van der Waals surface area contributed by atoms with Crippen molar-refractivity contribution in [1.82, 2.24) is 15.3 Å². The Morgan fingerprint density at radius 2 is 2.00 bits per heavy atom. The van der Waals surface area contributed by atoms with Gasteiger partial charge in [-0.3, -0.25) is 9.78 Å². The molecule has 0 radical (unpaired) electrons. The molecule has 1 amide bonds. The Morgan fingerprint density at radius 1 is 1.08 bits per heavy atom. The molecule has 1 aliphatic rings. The van der Waals surface area contributed by atoms with Gasteiger partial charge in [0.2, 0.25) is 0 Å². The summed E-state index contributed by atoms with van der Waals surface area (Å²) in [6, 6.07) is 13.5. The normalized spacial score (nSPS) is 16.7. The smallest absolute Gasteiger partial charge is 0.259 e. The van der Waals surface area contributed by atoms with Gasteiger partial charge in [0.15, 0.2) is 0 Å². The number of nitrogens with zero attached hydrogens (tertiary/aromatic N) is 2. The first-order valence-corrected chi connectivity index (χ1v) is 8.38. The predicted octanol–water partition coefficient (Wildman–Crippen LogP) is 2.66. The van der Waals surface area contributed by atoms with E-state index >= 15 is 0 Å². The van der Waals surface area contributed by atoms with Gasteiger partial charge >= 0.3 is 0 Å². The average molecular weight is 333 g/mol. The van der Waals surface area contributed by atoms with Gasteiger partial charge in [-0.15, -0.1) is 0 Å². The molecule has 1 aromatic carbocycles. The molecule has 25 heavy (non-hydrogen) atoms. The van der Waals surface area contributed by atoms with Crippen LogP contribution >= 0.6 is 0 Å². The van der Waals surface area contributed by atoms with Crippen LogP contribution in [0.25, 0.3) is 10.9 Å². The maximum atomic E-state index is 12.7. The van der Waals surface area contributed by atoms with Crippen LogP contribution in [0.2, 0.25) is 0 Å². The van der Waals surface area contributed by atoms with Gasteiger partial charge in [0.05, 0.1) is 11.1 Å². The second kappa shape index (κ2) is 6.86. The van der Waals surface area contributed by atoms with Crippen molar-refractivity contribution in [3.63, 3.8) is 0 Å². The molecule has 0 aliphatic carbocycles. The lowest BCUT2D eigenvalue weighted by Gasteiger charge is -2.16. The van der Waals surface area contributed by atoms with Gasteiger partial charge < -0.3 is 16.0 Å². The van der Waals surface area contributed by atoms with E-state index < -0.39 is 0 Å². The number of aromatic nitrogens is 2. The Hall–Kier alpha value is -2.99. The number of fused-ring (bicyclic) bond motifs is 1. The molecule has 3 heterocycles. The number of pyridine rings is 2. The highest BCUT2D eigenvalue weighted by Crippen LogP contribution is 2.26. The molecule has 6 nitrogen and oxygen atoms in total. The molecule has 0 saturated carbocycles. The molecule has 3 aromatic rings. The lowest BCUT2D eigenvalue weighted by Crippen LogP contribution is -2.22. The summed E-state index contributed by atoms with van der Waals surface area (Å²) >= 11 is 0. The molecule has 1 aliphatic heterocycles. The van der Waals surface area contributed by atoms with E-state index in [1.807, 2.05) is 36.4 Å². The zero-order chi connectivity index (χ0) is 17.1. The van der Waals surface area contributed by atoms with Crippen LogP contribution < -0.4 is 16.0 Å². The molecule has 1 atom stereocenters. The third kappa shape index (κ3) is 3.29. The largest absolute Gasteiger partial charge is 0.380 e. The van der Waals surface area contributed by atoms with Gasteiger partial charge in [0, 0.05) is 36.1 Å². The van der Waals surface area contributed by atoms with Gasteiger partial charge in [0.25, 0.3) is 5.91 Å². The van der Waals surface area contributed by atoms with Crippen molar-refractivity contribution in [1.29, 1.82) is 0 Å². The van der Waals surface area contributed by atoms with Crippen molar-refractivity contribution < 1.29 is 4.79 Å². The van der Waals surface area contributed by atoms with Gasteiger partial charge in [-0.25, -0.2) is 4.98 Å². The van der Waals surface area contributed by atoms with Crippen LogP contribution in [-0.2, 0) is 0 Å². The monoisotopic (exact) mass is 333 g/mol. The number of rotatable bonds is 4. The molecule has 3 N–H and O–H groups in total. The third-order valence-corrected chi connectivity index (χ3v) is 4.34. The van der Waals surface area contributed by atoms with Crippen molar-refractivity contribution in [2.75, 3.05) is 23.7 Å². The number of nitrogens with one attached hydrogen (secondary N) is 3. The fourth-order valence-electron chi connectivity index (χ4n) is 3.10. The number of anilines is 2. The van der Waals surface area contributed by atoms with E-state index in [9.17, 15) is 4.79 Å². The van der Waals surface area contributed by atoms with Crippen molar-refractivity contribution in [2.24, 2.45) is 0 Å². The second-order valence-electron chi connectivity index (χ2n) is 6.06. The first-order valence-electron chi connectivity index (χ1n) is 8.38. The van der Waals surface area contributed by atoms with Crippen LogP contribution in [-0.4, -0.2) is 35.0 Å². The summed E-state index contributed by atoms with van der Waals surface area (Å²) in [6.07, 6.45) is 4.44. The van der Waals surface area contributed by atoms with E-state index in [1.165, 1.54) is 0 Å². The average Bonchev–Trinajstić information content (AvgIpc) is 3.16. The Kier molecular flexibility index (Phi) is 4.26. The lowest BCUT2D eigenvalue weighted by atomic mass is 10.1. The number of hydrogen-bond donors (Lipinski definition) is 3. The van der Waals surface area contributed by atoms with Gasteiger partial charge in [-0.2, -0.15) is 0 Å². The first-order chi connectivity index (χ1) is 12.3. The highest BCUT2D eigenvalue weighted by atomic mass is 16.1. The number of hydrogen-bond acceptors (Lipinski definition) is 5. The summed E-state index contributed by atoms with van der Waals surface area (Å²) in [5.41, 5.74) is 2.23. The van der Waals surface area contributed by atoms with Crippen molar-refractivity contribution >= 4 is 28.3 Å². The maximum absolute atomic E-state index is 12.7. The van der Waals surface area contributed by atoms with Crippen LogP contribution in [0.15, 0.2) is 54.9 Å². The van der Waals surface area contributed by atoms with E-state index in [0.717, 1.165) is 30.6 Å². The molecule has 0 spiro atoms. The van der Waals surface area contributed by atoms with Crippen LogP contribution in [0.1, 0.15) is 16.8 Å². The molecule has 1 fully saturated rings. The van der Waals surface area contributed by atoms with E-state index in [2.05, 4.69) is 25.9 Å². The zero-order valence-corrected chi connectivity index (χ0v) is 13.7. The van der Waals surface area contributed by atoms with E-state index in [1.54, 1.807) is 18.5 Å². The van der Waals surface area contributed by atoms with Gasteiger partial charge in [0.1, 0.15) is 5.82 Å². The zero-order valence-electron chi connectivity index (χ0n) is 13.7. The van der Waals surface area contributed by atoms with E-state index in [4.69, 9.17) is 0 Å². The topological polar surface area (TPSA) is 78.9 Å². The quantitative estimate of drug-likeness (QED) is 0.684. The van der Waals surface area contributed by atoms with Crippen LogP contribution in [0.5, 0.6) is 0 Å². The minimum atomic E-state index is -0.212. The summed E-state index contributed by atoms with van der Waals surface area (Å²) in [5, 5.41) is 10.7. The molecule has 0 unspecified atom stereocenters. The molecular formula is C19H19N5O. The molecule has 2 aromatic heterocycles. The summed E-state index contributed by atoms with van der Waals surface area (Å²) in [4.78, 5) is 21.2. The molecule has 4 rings (SSSR count). The fraction of sp³-hybridized carbons (Fsp3) is 0.211. The minimum Gasteiger partial charge on any atom is -0.380 e. The second-order valence-corrected chi connectivity index (χ2v) is 6.06.